The number of benzene rings is 2. The van der Waals surface area contributed by atoms with E-state index in [0.29, 0.717) is 36.7 Å². The van der Waals surface area contributed by atoms with Crippen LogP contribution < -0.4 is 5.32 Å². The van der Waals surface area contributed by atoms with Crippen LogP contribution in [0.3, 0.4) is 0 Å². The Labute approximate surface area is 191 Å². The molecule has 1 heterocycles. The molecule has 32 heavy (non-hydrogen) atoms. The number of hydrogen-bond donors (Lipinski definition) is 1. The molecule has 170 valence electrons. The molecule has 1 N–H and O–H groups in total. The number of nitrogens with zero attached hydrogens (tertiary/aromatic N) is 1. The Bertz CT molecular complexity index is 934. The largest absolute Gasteiger partial charge is 0.466 e. The van der Waals surface area contributed by atoms with Gasteiger partial charge < -0.3 is 15.0 Å². The van der Waals surface area contributed by atoms with E-state index in [9.17, 15) is 18.8 Å². The van der Waals surface area contributed by atoms with E-state index < -0.39 is 0 Å². The van der Waals surface area contributed by atoms with Crippen molar-refractivity contribution in [3.8, 4) is 0 Å². The van der Waals surface area contributed by atoms with E-state index in [2.05, 4.69) is 5.32 Å². The summed E-state index contributed by atoms with van der Waals surface area (Å²) in [6, 6.07) is 13.0. The predicted molar refractivity (Wildman–Crippen MR) is 123 cm³/mol. The summed E-state index contributed by atoms with van der Waals surface area (Å²) in [5.74, 6) is -0.198. The maximum Gasteiger partial charge on any atom is 0.310 e. The fraction of sp³-hybridized carbons (Fsp3) is 0.375. The van der Waals surface area contributed by atoms with Crippen molar-refractivity contribution in [3.63, 3.8) is 0 Å². The van der Waals surface area contributed by atoms with Gasteiger partial charge in [0.25, 0.3) is 5.91 Å². The van der Waals surface area contributed by atoms with Gasteiger partial charge >= 0.3 is 5.97 Å². The van der Waals surface area contributed by atoms with E-state index in [-0.39, 0.29) is 35.3 Å². The second kappa shape index (κ2) is 11.7. The minimum Gasteiger partial charge on any atom is -0.466 e. The predicted octanol–water partition coefficient (Wildman–Crippen LogP) is 4.11. The van der Waals surface area contributed by atoms with Crippen LogP contribution in [0.1, 0.15) is 35.7 Å². The SMILES string of the molecule is CCOC(=O)C1CCCN(C(=O)c2ccc(CSCC(=O)Nc3ccc(F)cc3)cc2)C1. The number of piperidine rings is 1. The highest BCUT2D eigenvalue weighted by Gasteiger charge is 2.29. The normalized spacial score (nSPS) is 15.8. The van der Waals surface area contributed by atoms with Crippen molar-refractivity contribution in [1.82, 2.24) is 4.90 Å². The summed E-state index contributed by atoms with van der Waals surface area (Å²) in [5, 5.41) is 2.73. The molecule has 8 heteroatoms. The lowest BCUT2D eigenvalue weighted by Crippen LogP contribution is -2.42. The molecular weight excluding hydrogens is 431 g/mol. The van der Waals surface area contributed by atoms with Crippen LogP contribution in [0, 0.1) is 11.7 Å². The molecule has 1 atom stereocenters. The van der Waals surface area contributed by atoms with Crippen LogP contribution in [0.15, 0.2) is 48.5 Å². The molecule has 0 aliphatic carbocycles. The van der Waals surface area contributed by atoms with Crippen molar-refractivity contribution < 1.29 is 23.5 Å². The number of ether oxygens (including phenoxy) is 1. The number of esters is 1. The second-order valence-corrected chi connectivity index (χ2v) is 8.57. The molecule has 0 bridgehead atoms. The van der Waals surface area contributed by atoms with Gasteiger partial charge in [-0.2, -0.15) is 0 Å². The van der Waals surface area contributed by atoms with E-state index >= 15 is 0 Å². The van der Waals surface area contributed by atoms with Gasteiger partial charge in [-0.15, -0.1) is 11.8 Å². The zero-order valence-electron chi connectivity index (χ0n) is 18.0. The Morgan fingerprint density at radius 1 is 1.12 bits per heavy atom. The zero-order chi connectivity index (χ0) is 22.9. The van der Waals surface area contributed by atoms with E-state index in [1.165, 1.54) is 36.0 Å². The minimum absolute atomic E-state index is 0.0862. The lowest BCUT2D eigenvalue weighted by atomic mass is 9.97. The van der Waals surface area contributed by atoms with Crippen molar-refractivity contribution in [1.29, 1.82) is 0 Å². The Hall–Kier alpha value is -2.87. The first kappa shape index (κ1) is 23.8. The third-order valence-electron chi connectivity index (χ3n) is 5.16. The van der Waals surface area contributed by atoms with Crippen LogP contribution in [-0.4, -0.2) is 48.1 Å². The highest BCUT2D eigenvalue weighted by atomic mass is 32.2. The third-order valence-corrected chi connectivity index (χ3v) is 6.16. The number of carbonyl (C=O) groups excluding carboxylic acids is 3. The lowest BCUT2D eigenvalue weighted by molar-refractivity contribution is -0.149. The monoisotopic (exact) mass is 458 g/mol. The molecule has 0 spiro atoms. The molecule has 1 fully saturated rings. The average molecular weight is 459 g/mol. The summed E-state index contributed by atoms with van der Waals surface area (Å²) in [7, 11) is 0. The van der Waals surface area contributed by atoms with Gasteiger partial charge in [-0.1, -0.05) is 12.1 Å². The molecule has 2 aromatic carbocycles. The van der Waals surface area contributed by atoms with Crippen molar-refractivity contribution in [3.05, 3.63) is 65.5 Å². The molecule has 2 aromatic rings. The number of thioether (sulfide) groups is 1. The van der Waals surface area contributed by atoms with Gasteiger partial charge in [0.05, 0.1) is 18.3 Å². The molecule has 2 amide bonds. The topological polar surface area (TPSA) is 75.7 Å². The summed E-state index contributed by atoms with van der Waals surface area (Å²) >= 11 is 1.45. The number of halogens is 1. The van der Waals surface area contributed by atoms with E-state index in [1.807, 2.05) is 12.1 Å². The highest BCUT2D eigenvalue weighted by molar-refractivity contribution is 7.99. The van der Waals surface area contributed by atoms with Crippen LogP contribution >= 0.6 is 11.8 Å². The number of amides is 2. The fourth-order valence-corrected chi connectivity index (χ4v) is 4.32. The molecule has 0 aromatic heterocycles. The van der Waals surface area contributed by atoms with E-state index in [4.69, 9.17) is 4.74 Å². The molecule has 0 radical (unpaired) electrons. The summed E-state index contributed by atoms with van der Waals surface area (Å²) in [4.78, 5) is 38.6. The van der Waals surface area contributed by atoms with Gasteiger partial charge in [-0.05, 0) is 61.7 Å². The molecule has 1 saturated heterocycles. The Kier molecular flexibility index (Phi) is 8.67. The van der Waals surface area contributed by atoms with Crippen LogP contribution in [-0.2, 0) is 20.1 Å². The van der Waals surface area contributed by atoms with Crippen LogP contribution in [0.5, 0.6) is 0 Å². The van der Waals surface area contributed by atoms with Gasteiger partial charge in [0.15, 0.2) is 0 Å². The van der Waals surface area contributed by atoms with Gasteiger partial charge in [-0.3, -0.25) is 14.4 Å². The standard InChI is InChI=1S/C24H27FN2O4S/c1-2-31-24(30)19-4-3-13-27(14-19)23(29)18-7-5-17(6-8-18)15-32-16-22(28)26-21-11-9-20(25)10-12-21/h5-12,19H,2-4,13-16H2,1H3,(H,26,28). The fourth-order valence-electron chi connectivity index (χ4n) is 3.53. The first-order valence-corrected chi connectivity index (χ1v) is 11.8. The van der Waals surface area contributed by atoms with Crippen LogP contribution in [0.25, 0.3) is 0 Å². The lowest BCUT2D eigenvalue weighted by Gasteiger charge is -2.31. The van der Waals surface area contributed by atoms with E-state index in [0.717, 1.165) is 18.4 Å². The quantitative estimate of drug-likeness (QED) is 0.603. The first-order valence-electron chi connectivity index (χ1n) is 10.6. The maximum atomic E-state index is 12.9. The second-order valence-electron chi connectivity index (χ2n) is 7.59. The Morgan fingerprint density at radius 2 is 1.84 bits per heavy atom. The molecule has 6 nitrogen and oxygen atoms in total. The van der Waals surface area contributed by atoms with Crippen molar-refractivity contribution in [2.24, 2.45) is 5.92 Å². The molecule has 3 rings (SSSR count). The zero-order valence-corrected chi connectivity index (χ0v) is 18.8. The molecule has 1 aliphatic heterocycles. The summed E-state index contributed by atoms with van der Waals surface area (Å²) in [5.41, 5.74) is 2.14. The summed E-state index contributed by atoms with van der Waals surface area (Å²) in [6.07, 6.45) is 1.53. The van der Waals surface area contributed by atoms with Gasteiger partial charge in [0.2, 0.25) is 5.91 Å². The number of hydrogen-bond acceptors (Lipinski definition) is 5. The average Bonchev–Trinajstić information content (AvgIpc) is 2.81. The van der Waals surface area contributed by atoms with Crippen molar-refractivity contribution >= 4 is 35.2 Å². The molecular formula is C24H27FN2O4S. The van der Waals surface area contributed by atoms with E-state index in [1.54, 1.807) is 24.0 Å². The van der Waals surface area contributed by atoms with Crippen LogP contribution in [0.2, 0.25) is 0 Å². The summed E-state index contributed by atoms with van der Waals surface area (Å²) < 4.78 is 18.0. The van der Waals surface area contributed by atoms with Crippen molar-refractivity contribution in [2.75, 3.05) is 30.8 Å². The highest BCUT2D eigenvalue weighted by Crippen LogP contribution is 2.21. The smallest absolute Gasteiger partial charge is 0.310 e. The molecule has 1 unspecified atom stereocenters. The number of likely N-dealkylation sites (tertiary alicyclic amines) is 1. The molecule has 0 saturated carbocycles. The Morgan fingerprint density at radius 3 is 2.53 bits per heavy atom. The third kappa shape index (κ3) is 6.82. The maximum absolute atomic E-state index is 12.9. The van der Waals surface area contributed by atoms with Gasteiger partial charge in [0, 0.05) is 30.1 Å². The number of carbonyl (C=O) groups is 3. The van der Waals surface area contributed by atoms with Crippen LogP contribution in [0.4, 0.5) is 10.1 Å². The number of nitrogens with one attached hydrogen (secondary N) is 1. The minimum atomic E-state index is -0.349. The van der Waals surface area contributed by atoms with Crippen molar-refractivity contribution in [2.45, 2.75) is 25.5 Å². The number of rotatable bonds is 8. The van der Waals surface area contributed by atoms with Gasteiger partial charge in [0.1, 0.15) is 5.82 Å². The first-order chi connectivity index (χ1) is 15.5. The molecule has 1 aliphatic rings. The van der Waals surface area contributed by atoms with Gasteiger partial charge in [-0.25, -0.2) is 4.39 Å². The number of anilines is 1. The summed E-state index contributed by atoms with van der Waals surface area (Å²) in [6.45, 7) is 3.14. The Balaban J connectivity index is 1.46.